The Kier molecular flexibility index (Phi) is 8.81. The summed E-state index contributed by atoms with van der Waals surface area (Å²) in [6.45, 7) is -0.402. The van der Waals surface area contributed by atoms with Gasteiger partial charge in [-0.15, -0.1) is 20.4 Å². The lowest BCUT2D eigenvalue weighted by molar-refractivity contribution is -0.192. The highest BCUT2D eigenvalue weighted by Crippen LogP contribution is 2.16. The van der Waals surface area contributed by atoms with Crippen LogP contribution in [0.5, 0.6) is 0 Å². The fraction of sp³-hybridized carbons (Fsp3) is 0.333. The molecule has 0 bridgehead atoms. The van der Waals surface area contributed by atoms with Gasteiger partial charge in [-0.05, 0) is 11.6 Å². The van der Waals surface area contributed by atoms with Crippen molar-refractivity contribution in [1.29, 1.82) is 0 Å². The molecule has 0 fully saturated rings. The molecule has 0 saturated heterocycles. The summed E-state index contributed by atoms with van der Waals surface area (Å²) in [5, 5.41) is 31.0. The van der Waals surface area contributed by atoms with E-state index in [1.807, 2.05) is 12.1 Å². The number of hydrogen-bond acceptors (Lipinski definition) is 7. The second kappa shape index (κ2) is 10.8. The van der Waals surface area contributed by atoms with Crippen LogP contribution in [0.1, 0.15) is 5.56 Å². The Morgan fingerprint density at radius 1 is 1.11 bits per heavy atom. The van der Waals surface area contributed by atoms with Gasteiger partial charge in [0.15, 0.2) is 6.33 Å². The fourth-order valence-corrected chi connectivity index (χ4v) is 1.91. The predicted octanol–water partition coefficient (Wildman–Crippen LogP) is 1.42. The maximum Gasteiger partial charge on any atom is 0.490 e. The van der Waals surface area contributed by atoms with E-state index in [1.54, 1.807) is 12.1 Å². The molecule has 152 valence electrons. The lowest BCUT2D eigenvalue weighted by Crippen LogP contribution is -2.31. The first-order valence-corrected chi connectivity index (χ1v) is 7.53. The van der Waals surface area contributed by atoms with Gasteiger partial charge in [-0.2, -0.15) is 13.2 Å². The zero-order valence-electron chi connectivity index (χ0n) is 14.2. The van der Waals surface area contributed by atoms with E-state index in [4.69, 9.17) is 15.0 Å². The Hall–Kier alpha value is -3.22. The van der Waals surface area contributed by atoms with E-state index in [1.165, 1.54) is 11.2 Å². The van der Waals surface area contributed by atoms with E-state index in [-0.39, 0.29) is 13.1 Å². The second-order valence-corrected chi connectivity index (χ2v) is 5.17. The summed E-state index contributed by atoms with van der Waals surface area (Å²) < 4.78 is 44.2. The van der Waals surface area contributed by atoms with Crippen LogP contribution in [-0.4, -0.2) is 73.4 Å². The van der Waals surface area contributed by atoms with Crippen LogP contribution in [0.4, 0.5) is 17.6 Å². The van der Waals surface area contributed by atoms with Crippen molar-refractivity contribution in [3.05, 3.63) is 36.2 Å². The minimum atomic E-state index is -5.08. The van der Waals surface area contributed by atoms with Crippen molar-refractivity contribution >= 4 is 11.9 Å². The van der Waals surface area contributed by atoms with E-state index in [0.717, 1.165) is 11.1 Å². The van der Waals surface area contributed by atoms with Gasteiger partial charge in [0.05, 0.1) is 6.54 Å². The highest BCUT2D eigenvalue weighted by atomic mass is 19.4. The molecule has 0 unspecified atom stereocenters. The minimum absolute atomic E-state index is 0.0709. The molecule has 2 N–H and O–H groups in total. The average molecular weight is 405 g/mol. The van der Waals surface area contributed by atoms with Crippen LogP contribution in [0, 0.1) is 0 Å². The molecule has 0 aliphatic heterocycles. The lowest BCUT2D eigenvalue weighted by atomic mass is 10.1. The number of benzene rings is 1. The van der Waals surface area contributed by atoms with Crippen molar-refractivity contribution in [1.82, 2.24) is 25.3 Å². The third-order valence-corrected chi connectivity index (χ3v) is 3.00. The van der Waals surface area contributed by atoms with E-state index in [2.05, 4.69) is 20.4 Å². The number of rotatable bonds is 7. The van der Waals surface area contributed by atoms with Gasteiger partial charge < -0.3 is 10.2 Å². The van der Waals surface area contributed by atoms with Crippen molar-refractivity contribution in [3.63, 3.8) is 0 Å². The Morgan fingerprint density at radius 3 is 2.21 bits per heavy atom. The maximum absolute atomic E-state index is 12.5. The van der Waals surface area contributed by atoms with Gasteiger partial charge in [0.25, 0.3) is 0 Å². The summed E-state index contributed by atoms with van der Waals surface area (Å²) >= 11 is 0. The Balaban J connectivity index is 0.000000480. The monoisotopic (exact) mass is 405 g/mol. The maximum atomic E-state index is 12.5. The molecule has 0 radical (unpaired) electrons. The molecule has 9 nitrogen and oxygen atoms in total. The zero-order valence-corrected chi connectivity index (χ0v) is 14.2. The topological polar surface area (TPSA) is 129 Å². The van der Waals surface area contributed by atoms with Gasteiger partial charge in [-0.3, -0.25) is 9.69 Å². The zero-order chi connectivity index (χ0) is 21.2. The molecule has 0 atom stereocenters. The molecule has 0 saturated carbocycles. The number of aromatic nitrogens is 4. The van der Waals surface area contributed by atoms with Crippen LogP contribution >= 0.6 is 0 Å². The smallest absolute Gasteiger partial charge is 0.480 e. The largest absolute Gasteiger partial charge is 0.490 e. The van der Waals surface area contributed by atoms with E-state index in [9.17, 15) is 22.4 Å². The summed E-state index contributed by atoms with van der Waals surface area (Å²) in [4.78, 5) is 21.2. The first-order chi connectivity index (χ1) is 13.1. The van der Waals surface area contributed by atoms with Crippen LogP contribution in [0.15, 0.2) is 30.6 Å². The molecule has 0 aliphatic carbocycles. The van der Waals surface area contributed by atoms with Gasteiger partial charge >= 0.3 is 18.1 Å². The Labute approximate surface area is 155 Å². The minimum Gasteiger partial charge on any atom is -0.480 e. The Bertz CT molecular complexity index is 777. The summed E-state index contributed by atoms with van der Waals surface area (Å²) in [6, 6.07) is 7.25. The SMILES string of the molecule is O=C(O)C(F)(F)F.O=C(O)CN(CCF)Cc1cccc(-c2nncnn2)c1. The highest BCUT2D eigenvalue weighted by molar-refractivity contribution is 5.73. The third kappa shape index (κ3) is 8.44. The van der Waals surface area contributed by atoms with Crippen LogP contribution in [-0.2, 0) is 16.1 Å². The summed E-state index contributed by atoms with van der Waals surface area (Å²) in [7, 11) is 0. The normalized spacial score (nSPS) is 10.9. The molecule has 2 aromatic rings. The van der Waals surface area contributed by atoms with Crippen molar-refractivity contribution < 1.29 is 37.4 Å². The molecule has 0 aliphatic rings. The molecule has 1 heterocycles. The number of carboxylic acid groups (broad SMARTS) is 2. The average Bonchev–Trinajstić information content (AvgIpc) is 2.62. The van der Waals surface area contributed by atoms with Gasteiger partial charge in [0.2, 0.25) is 5.82 Å². The van der Waals surface area contributed by atoms with Crippen LogP contribution in [0.25, 0.3) is 11.4 Å². The molecular weight excluding hydrogens is 390 g/mol. The van der Waals surface area contributed by atoms with Crippen molar-refractivity contribution in [2.45, 2.75) is 12.7 Å². The van der Waals surface area contributed by atoms with E-state index < -0.39 is 24.8 Å². The number of halogens is 4. The first-order valence-electron chi connectivity index (χ1n) is 7.53. The first kappa shape index (κ1) is 22.8. The molecule has 2 rings (SSSR count). The summed E-state index contributed by atoms with van der Waals surface area (Å²) in [5.74, 6) is -3.36. The van der Waals surface area contributed by atoms with Crippen LogP contribution in [0.3, 0.4) is 0 Å². The lowest BCUT2D eigenvalue weighted by Gasteiger charge is -2.18. The van der Waals surface area contributed by atoms with Crippen molar-refractivity contribution in [2.24, 2.45) is 0 Å². The number of hydrogen-bond donors (Lipinski definition) is 2. The highest BCUT2D eigenvalue weighted by Gasteiger charge is 2.38. The quantitative estimate of drug-likeness (QED) is 0.657. The van der Waals surface area contributed by atoms with Gasteiger partial charge in [0.1, 0.15) is 6.67 Å². The molecule has 13 heteroatoms. The van der Waals surface area contributed by atoms with Gasteiger partial charge in [-0.1, -0.05) is 18.2 Å². The number of carbonyl (C=O) groups is 2. The predicted molar refractivity (Wildman–Crippen MR) is 85.6 cm³/mol. The molecule has 0 spiro atoms. The number of nitrogens with zero attached hydrogens (tertiary/aromatic N) is 5. The number of alkyl halides is 4. The van der Waals surface area contributed by atoms with Crippen LogP contribution in [0.2, 0.25) is 0 Å². The second-order valence-electron chi connectivity index (χ2n) is 5.17. The molecule has 28 heavy (non-hydrogen) atoms. The van der Waals surface area contributed by atoms with Gasteiger partial charge in [0, 0.05) is 18.7 Å². The van der Waals surface area contributed by atoms with Crippen molar-refractivity contribution in [2.75, 3.05) is 19.8 Å². The third-order valence-electron chi connectivity index (χ3n) is 3.00. The molecular formula is C15H15F4N5O4. The number of aliphatic carboxylic acids is 2. The van der Waals surface area contributed by atoms with Crippen LogP contribution < -0.4 is 0 Å². The summed E-state index contributed by atoms with van der Waals surface area (Å²) in [5.41, 5.74) is 1.57. The standard InChI is InChI=1S/C13H14FN5O2.C2HF3O2/c14-4-5-19(8-12(20)21)7-10-2-1-3-11(6-10)13-17-15-9-16-18-13;3-2(4,5)1(6)7/h1-3,6,9H,4-5,7-8H2,(H,20,21);(H,6,7). The summed E-state index contributed by atoms with van der Waals surface area (Å²) in [6.07, 6.45) is -3.84. The Morgan fingerprint density at radius 2 is 1.71 bits per heavy atom. The fourth-order valence-electron chi connectivity index (χ4n) is 1.91. The van der Waals surface area contributed by atoms with E-state index in [0.29, 0.717) is 12.4 Å². The van der Waals surface area contributed by atoms with E-state index >= 15 is 0 Å². The molecule has 1 aromatic heterocycles. The van der Waals surface area contributed by atoms with Crippen molar-refractivity contribution in [3.8, 4) is 11.4 Å². The molecule has 1 aromatic carbocycles. The molecule has 0 amide bonds. The number of carboxylic acids is 2. The van der Waals surface area contributed by atoms with Gasteiger partial charge in [-0.25, -0.2) is 9.18 Å².